The lowest BCUT2D eigenvalue weighted by molar-refractivity contribution is 0.145. The van der Waals surface area contributed by atoms with Gasteiger partial charge in [0.15, 0.2) is 5.75 Å². The van der Waals surface area contributed by atoms with Crippen molar-refractivity contribution in [3.05, 3.63) is 17.6 Å². The number of ether oxygens (including phenoxy) is 1. The van der Waals surface area contributed by atoms with Crippen molar-refractivity contribution in [2.24, 2.45) is 0 Å². The third-order valence-electron chi connectivity index (χ3n) is 1.38. The third-order valence-corrected chi connectivity index (χ3v) is 1.38. The molecule has 0 atom stereocenters. The molecular formula is C7H6F3NO2. The summed E-state index contributed by atoms with van der Waals surface area (Å²) in [6.45, 7) is 0. The Morgan fingerprint density at radius 1 is 1.54 bits per heavy atom. The number of aromatic nitrogens is 1. The molecule has 0 bridgehead atoms. The summed E-state index contributed by atoms with van der Waals surface area (Å²) in [6, 6.07) is 0.589. The molecule has 0 spiro atoms. The SMILES string of the molecule is COc1nc(F)c(O)cc1C(F)F. The Morgan fingerprint density at radius 3 is 2.62 bits per heavy atom. The molecule has 0 unspecified atom stereocenters. The standard InChI is InChI=1S/C7H6F3NO2/c1-13-7-3(5(8)9)2-4(12)6(10)11-7/h2,5,12H,1H3. The molecule has 0 fully saturated rings. The highest BCUT2D eigenvalue weighted by Gasteiger charge is 2.18. The summed E-state index contributed by atoms with van der Waals surface area (Å²) < 4.78 is 41.3. The molecule has 1 N–H and O–H groups in total. The normalized spacial score (nSPS) is 10.5. The van der Waals surface area contributed by atoms with Crippen LogP contribution in [0.1, 0.15) is 12.0 Å². The summed E-state index contributed by atoms with van der Waals surface area (Å²) in [4.78, 5) is 2.99. The Morgan fingerprint density at radius 2 is 2.15 bits per heavy atom. The lowest BCUT2D eigenvalue weighted by Crippen LogP contribution is -1.98. The third kappa shape index (κ3) is 1.82. The first-order valence-electron chi connectivity index (χ1n) is 3.27. The molecule has 1 heterocycles. The molecule has 0 radical (unpaired) electrons. The van der Waals surface area contributed by atoms with Gasteiger partial charge in [-0.25, -0.2) is 8.78 Å². The second kappa shape index (κ2) is 3.51. The lowest BCUT2D eigenvalue weighted by atomic mass is 10.2. The van der Waals surface area contributed by atoms with Crippen molar-refractivity contribution in [3.63, 3.8) is 0 Å². The minimum absolute atomic E-state index is 0.523. The molecule has 3 nitrogen and oxygen atoms in total. The maximum absolute atomic E-state index is 12.5. The zero-order valence-electron chi connectivity index (χ0n) is 6.59. The lowest BCUT2D eigenvalue weighted by Gasteiger charge is -2.06. The van der Waals surface area contributed by atoms with Crippen LogP contribution >= 0.6 is 0 Å². The van der Waals surface area contributed by atoms with Crippen LogP contribution < -0.4 is 4.74 Å². The molecule has 0 saturated carbocycles. The smallest absolute Gasteiger partial charge is 0.269 e. The number of alkyl halides is 2. The van der Waals surface area contributed by atoms with Gasteiger partial charge in [0.05, 0.1) is 12.7 Å². The molecule has 72 valence electrons. The number of pyridine rings is 1. The van der Waals surface area contributed by atoms with Gasteiger partial charge in [-0.05, 0) is 6.07 Å². The fraction of sp³-hybridized carbons (Fsp3) is 0.286. The average molecular weight is 193 g/mol. The summed E-state index contributed by atoms with van der Waals surface area (Å²) >= 11 is 0. The van der Waals surface area contributed by atoms with E-state index in [4.69, 9.17) is 5.11 Å². The van der Waals surface area contributed by atoms with Crippen molar-refractivity contribution in [1.82, 2.24) is 4.98 Å². The summed E-state index contributed by atoms with van der Waals surface area (Å²) in [7, 11) is 1.09. The second-order valence-corrected chi connectivity index (χ2v) is 2.20. The van der Waals surface area contributed by atoms with Crippen molar-refractivity contribution in [2.45, 2.75) is 6.43 Å². The number of methoxy groups -OCH3 is 1. The number of aromatic hydroxyl groups is 1. The van der Waals surface area contributed by atoms with Gasteiger partial charge in [0, 0.05) is 0 Å². The van der Waals surface area contributed by atoms with Gasteiger partial charge in [0.25, 0.3) is 12.4 Å². The van der Waals surface area contributed by atoms with E-state index in [1.165, 1.54) is 0 Å². The largest absolute Gasteiger partial charge is 0.504 e. The second-order valence-electron chi connectivity index (χ2n) is 2.20. The van der Waals surface area contributed by atoms with Crippen LogP contribution in [0.15, 0.2) is 6.07 Å². The van der Waals surface area contributed by atoms with Crippen molar-refractivity contribution in [2.75, 3.05) is 7.11 Å². The highest BCUT2D eigenvalue weighted by molar-refractivity contribution is 5.34. The molecule has 1 aromatic heterocycles. The van der Waals surface area contributed by atoms with E-state index >= 15 is 0 Å². The molecule has 6 heteroatoms. The Hall–Kier alpha value is -1.46. The number of hydrogen-bond donors (Lipinski definition) is 1. The Balaban J connectivity index is 3.25. The number of hydrogen-bond acceptors (Lipinski definition) is 3. The van der Waals surface area contributed by atoms with E-state index in [1.54, 1.807) is 0 Å². The molecule has 0 amide bonds. The van der Waals surface area contributed by atoms with E-state index in [0.29, 0.717) is 6.07 Å². The van der Waals surface area contributed by atoms with Crippen LogP contribution in [0, 0.1) is 5.95 Å². The first-order valence-corrected chi connectivity index (χ1v) is 3.27. The van der Waals surface area contributed by atoms with E-state index < -0.39 is 29.6 Å². The van der Waals surface area contributed by atoms with Crippen molar-refractivity contribution < 1.29 is 23.0 Å². The highest BCUT2D eigenvalue weighted by atomic mass is 19.3. The maximum Gasteiger partial charge on any atom is 0.269 e. The maximum atomic E-state index is 12.5. The zero-order valence-corrected chi connectivity index (χ0v) is 6.59. The molecule has 0 saturated heterocycles. The minimum atomic E-state index is -2.87. The Bertz CT molecular complexity index is 317. The summed E-state index contributed by atoms with van der Waals surface area (Å²) in [5.74, 6) is -2.68. The average Bonchev–Trinajstić information content (AvgIpc) is 2.08. The minimum Gasteiger partial charge on any atom is -0.504 e. The first-order chi connectivity index (χ1) is 6.06. The predicted molar refractivity (Wildman–Crippen MR) is 37.4 cm³/mol. The van der Waals surface area contributed by atoms with Gasteiger partial charge in [0.1, 0.15) is 0 Å². The van der Waals surface area contributed by atoms with Crippen LogP contribution in [0.5, 0.6) is 11.6 Å². The van der Waals surface area contributed by atoms with Crippen LogP contribution in [0.4, 0.5) is 13.2 Å². The molecule has 0 aromatic carbocycles. The topological polar surface area (TPSA) is 42.4 Å². The van der Waals surface area contributed by atoms with Crippen LogP contribution in [0.2, 0.25) is 0 Å². The summed E-state index contributed by atoms with van der Waals surface area (Å²) in [5.41, 5.74) is -0.638. The highest BCUT2D eigenvalue weighted by Crippen LogP contribution is 2.30. The van der Waals surface area contributed by atoms with Crippen LogP contribution in [-0.2, 0) is 0 Å². The van der Waals surface area contributed by atoms with Crippen molar-refractivity contribution in [1.29, 1.82) is 0 Å². The zero-order chi connectivity index (χ0) is 10.0. The monoisotopic (exact) mass is 193 g/mol. The Labute approximate surface area is 71.8 Å². The molecule has 0 aliphatic heterocycles. The van der Waals surface area contributed by atoms with Crippen LogP contribution in [0.25, 0.3) is 0 Å². The van der Waals surface area contributed by atoms with Gasteiger partial charge in [-0.15, -0.1) is 0 Å². The number of halogens is 3. The van der Waals surface area contributed by atoms with Crippen LogP contribution in [0.3, 0.4) is 0 Å². The van der Waals surface area contributed by atoms with Gasteiger partial charge in [0.2, 0.25) is 5.88 Å². The van der Waals surface area contributed by atoms with Crippen molar-refractivity contribution >= 4 is 0 Å². The molecule has 1 rings (SSSR count). The van der Waals surface area contributed by atoms with E-state index in [2.05, 4.69) is 9.72 Å². The predicted octanol–water partition coefficient (Wildman–Crippen LogP) is 1.87. The van der Waals surface area contributed by atoms with Gasteiger partial charge >= 0.3 is 0 Å². The molecule has 1 aromatic rings. The molecule has 0 aliphatic rings. The quantitative estimate of drug-likeness (QED) is 0.729. The number of rotatable bonds is 2. The molecule has 0 aliphatic carbocycles. The van der Waals surface area contributed by atoms with Gasteiger partial charge in [-0.3, -0.25) is 0 Å². The van der Waals surface area contributed by atoms with Crippen LogP contribution in [-0.4, -0.2) is 17.2 Å². The van der Waals surface area contributed by atoms with E-state index in [0.717, 1.165) is 7.11 Å². The van der Waals surface area contributed by atoms with Gasteiger partial charge in [-0.1, -0.05) is 0 Å². The van der Waals surface area contributed by atoms with E-state index in [-0.39, 0.29) is 0 Å². The van der Waals surface area contributed by atoms with Gasteiger partial charge < -0.3 is 9.84 Å². The summed E-state index contributed by atoms with van der Waals surface area (Å²) in [6.07, 6.45) is -2.87. The Kier molecular flexibility index (Phi) is 2.60. The first kappa shape index (κ1) is 9.63. The summed E-state index contributed by atoms with van der Waals surface area (Å²) in [5, 5.41) is 8.74. The van der Waals surface area contributed by atoms with E-state index in [9.17, 15) is 13.2 Å². The molecule has 13 heavy (non-hydrogen) atoms. The number of nitrogens with zero attached hydrogens (tertiary/aromatic N) is 1. The molecular weight excluding hydrogens is 187 g/mol. The van der Waals surface area contributed by atoms with E-state index in [1.807, 2.05) is 0 Å². The van der Waals surface area contributed by atoms with Crippen molar-refractivity contribution in [3.8, 4) is 11.6 Å². The van der Waals surface area contributed by atoms with Gasteiger partial charge in [-0.2, -0.15) is 9.37 Å². The fourth-order valence-electron chi connectivity index (χ4n) is 0.799. The fourth-order valence-corrected chi connectivity index (χ4v) is 0.799.